The molecule has 3 aliphatic heterocycles. The lowest BCUT2D eigenvalue weighted by Crippen LogP contribution is -2.64. The molecular formula is C45H61ClN6O4S. The van der Waals surface area contributed by atoms with Gasteiger partial charge in [-0.05, 0) is 137 Å². The van der Waals surface area contributed by atoms with Crippen LogP contribution in [0.4, 0.5) is 4.79 Å². The number of benzene rings is 2. The molecule has 0 radical (unpaired) electrons. The second-order valence-corrected chi connectivity index (χ2v) is 18.4. The van der Waals surface area contributed by atoms with Gasteiger partial charge < -0.3 is 30.1 Å². The number of hydrogen-bond donors (Lipinski definition) is 2. The molecule has 4 heterocycles. The van der Waals surface area contributed by atoms with Crippen LogP contribution >= 0.6 is 22.9 Å². The predicted octanol–water partition coefficient (Wildman–Crippen LogP) is 7.41. The smallest absolute Gasteiger partial charge is 0.409 e. The van der Waals surface area contributed by atoms with E-state index >= 15 is 0 Å². The number of halogens is 1. The van der Waals surface area contributed by atoms with Gasteiger partial charge in [-0.25, -0.2) is 4.79 Å². The van der Waals surface area contributed by atoms with Crippen LogP contribution in [-0.4, -0.2) is 108 Å². The van der Waals surface area contributed by atoms with Gasteiger partial charge >= 0.3 is 6.09 Å². The summed E-state index contributed by atoms with van der Waals surface area (Å²) in [6.07, 6.45) is 10.3. The monoisotopic (exact) mass is 816 g/mol. The van der Waals surface area contributed by atoms with Crippen LogP contribution in [0, 0.1) is 19.3 Å². The molecule has 57 heavy (non-hydrogen) atoms. The van der Waals surface area contributed by atoms with Crippen molar-refractivity contribution in [1.82, 2.24) is 30.2 Å². The van der Waals surface area contributed by atoms with Gasteiger partial charge in [-0.3, -0.25) is 14.5 Å². The Bertz CT molecular complexity index is 1800. The molecule has 2 atom stereocenters. The number of carbonyl (C=O) groups is 3. The molecule has 3 amide bonds. The molecule has 2 N–H and O–H groups in total. The van der Waals surface area contributed by atoms with Crippen molar-refractivity contribution in [1.29, 1.82) is 0 Å². The van der Waals surface area contributed by atoms with Crippen molar-refractivity contribution in [2.75, 3.05) is 52.4 Å². The van der Waals surface area contributed by atoms with Gasteiger partial charge in [0, 0.05) is 37.1 Å². The van der Waals surface area contributed by atoms with E-state index < -0.39 is 18.2 Å². The van der Waals surface area contributed by atoms with Gasteiger partial charge in [0.15, 0.2) is 5.75 Å². The SMILES string of the molecule is Cc1ccc(OC(=O)N2CCN(C(=O)[C@@H](CCCCN3CCCC3)NC3CCC4(CC3)CCN(Cc3ccccc3)C4)[C@H](C(=O)NCc3cccs3)C2)c(Cl)c1C. The zero-order valence-electron chi connectivity index (χ0n) is 33.9. The molecule has 4 fully saturated rings. The predicted molar refractivity (Wildman–Crippen MR) is 228 cm³/mol. The van der Waals surface area contributed by atoms with Gasteiger partial charge in [0.1, 0.15) is 6.04 Å². The van der Waals surface area contributed by atoms with Crippen LogP contribution < -0.4 is 15.4 Å². The van der Waals surface area contributed by atoms with Crippen LogP contribution in [0.25, 0.3) is 0 Å². The minimum atomic E-state index is -0.855. The highest BCUT2D eigenvalue weighted by Gasteiger charge is 2.43. The number of aryl methyl sites for hydroxylation is 1. The first-order valence-electron chi connectivity index (χ1n) is 21.2. The highest BCUT2D eigenvalue weighted by atomic mass is 35.5. The molecule has 10 nitrogen and oxygen atoms in total. The zero-order chi connectivity index (χ0) is 39.8. The first kappa shape index (κ1) is 41.7. The first-order chi connectivity index (χ1) is 27.7. The fourth-order valence-corrected chi connectivity index (χ4v) is 10.3. The van der Waals surface area contributed by atoms with Crippen molar-refractivity contribution in [2.45, 2.75) is 109 Å². The molecule has 0 unspecified atom stereocenters. The summed E-state index contributed by atoms with van der Waals surface area (Å²) in [5, 5.41) is 9.31. The van der Waals surface area contributed by atoms with E-state index in [1.54, 1.807) is 22.3 Å². The molecular weight excluding hydrogens is 756 g/mol. The fourth-order valence-electron chi connectivity index (χ4n) is 9.40. The summed E-state index contributed by atoms with van der Waals surface area (Å²) in [7, 11) is 0. The number of rotatable bonds is 14. The van der Waals surface area contributed by atoms with Gasteiger partial charge in [-0.2, -0.15) is 0 Å². The lowest BCUT2D eigenvalue weighted by atomic mass is 9.72. The van der Waals surface area contributed by atoms with Crippen LogP contribution in [-0.2, 0) is 22.7 Å². The van der Waals surface area contributed by atoms with Gasteiger partial charge in [-0.1, -0.05) is 60.5 Å². The largest absolute Gasteiger partial charge is 0.415 e. The molecule has 1 spiro atoms. The molecule has 3 aromatic rings. The number of carbonyl (C=O) groups excluding carboxylic acids is 3. The molecule has 7 rings (SSSR count). The summed E-state index contributed by atoms with van der Waals surface area (Å²) >= 11 is 8.14. The Hall–Kier alpha value is -3.48. The highest BCUT2D eigenvalue weighted by Crippen LogP contribution is 2.44. The van der Waals surface area contributed by atoms with Gasteiger partial charge in [0.25, 0.3) is 0 Å². The normalized spacial score (nSPS) is 23.6. The second-order valence-electron chi connectivity index (χ2n) is 17.0. The van der Waals surface area contributed by atoms with Gasteiger partial charge in [-0.15, -0.1) is 11.3 Å². The molecule has 3 saturated heterocycles. The molecule has 1 aromatic heterocycles. The minimum absolute atomic E-state index is 0.0381. The quantitative estimate of drug-likeness (QED) is 0.164. The number of nitrogens with one attached hydrogen (secondary N) is 2. The zero-order valence-corrected chi connectivity index (χ0v) is 35.4. The van der Waals surface area contributed by atoms with Crippen molar-refractivity contribution >= 4 is 40.8 Å². The Kier molecular flexibility index (Phi) is 14.3. The van der Waals surface area contributed by atoms with Crippen LogP contribution in [0.15, 0.2) is 60.0 Å². The van der Waals surface area contributed by atoms with E-state index in [-0.39, 0.29) is 43.2 Å². The number of likely N-dealkylation sites (tertiary alicyclic amines) is 2. The van der Waals surface area contributed by atoms with Crippen LogP contribution in [0.1, 0.15) is 85.8 Å². The third-order valence-corrected chi connectivity index (χ3v) is 14.4. The van der Waals surface area contributed by atoms with E-state index in [0.717, 1.165) is 100 Å². The van der Waals surface area contributed by atoms with Crippen molar-refractivity contribution < 1.29 is 19.1 Å². The standard InChI is InChI=1S/C45H61ClN6O4S/c1-33-15-16-40(41(46)34(33)2)56-44(55)51-26-27-52(39(31-51)42(53)47-29-37-13-10-28-57-37)43(54)38(14-6-7-22-49-23-8-9-24-49)48-36-17-19-45(20-18-36)21-25-50(32-45)30-35-11-4-3-5-12-35/h3-5,10-13,15-16,28,36,38-39,48H,6-9,14,17-27,29-32H2,1-2H3,(H,47,53)/t36?,38-,39+,45?/m1/s1. The Labute approximate surface area is 348 Å². The number of ether oxygens (including phenoxy) is 1. The van der Waals surface area contributed by atoms with E-state index in [1.165, 1.54) is 29.7 Å². The third-order valence-electron chi connectivity index (χ3n) is 13.0. The first-order valence-corrected chi connectivity index (χ1v) is 22.5. The highest BCUT2D eigenvalue weighted by molar-refractivity contribution is 7.09. The maximum Gasteiger partial charge on any atom is 0.415 e. The van der Waals surface area contributed by atoms with E-state index in [9.17, 15) is 14.4 Å². The van der Waals surface area contributed by atoms with Crippen LogP contribution in [0.3, 0.4) is 0 Å². The van der Waals surface area contributed by atoms with Crippen LogP contribution in [0.5, 0.6) is 5.75 Å². The number of piperazine rings is 1. The van der Waals surface area contributed by atoms with Gasteiger partial charge in [0.05, 0.1) is 24.2 Å². The van der Waals surface area contributed by atoms with E-state index in [1.807, 2.05) is 37.4 Å². The maximum absolute atomic E-state index is 14.8. The van der Waals surface area contributed by atoms with E-state index in [4.69, 9.17) is 16.3 Å². The fraction of sp³-hybridized carbons (Fsp3) is 0.578. The molecule has 12 heteroatoms. The number of unbranched alkanes of at least 4 members (excludes halogenated alkanes) is 1. The third kappa shape index (κ3) is 10.8. The van der Waals surface area contributed by atoms with Crippen molar-refractivity contribution in [3.05, 3.63) is 86.6 Å². The van der Waals surface area contributed by atoms with Crippen LogP contribution in [0.2, 0.25) is 5.02 Å². The van der Waals surface area contributed by atoms with E-state index in [2.05, 4.69) is 50.8 Å². The van der Waals surface area contributed by atoms with Crippen molar-refractivity contribution in [3.8, 4) is 5.75 Å². The lowest BCUT2D eigenvalue weighted by Gasteiger charge is -2.43. The molecule has 308 valence electrons. The summed E-state index contributed by atoms with van der Waals surface area (Å²) < 4.78 is 5.80. The Morgan fingerprint density at radius 1 is 0.912 bits per heavy atom. The summed E-state index contributed by atoms with van der Waals surface area (Å²) in [6, 6.07) is 17.3. The Morgan fingerprint density at radius 3 is 2.46 bits per heavy atom. The molecule has 1 saturated carbocycles. The topological polar surface area (TPSA) is 97.5 Å². The summed E-state index contributed by atoms with van der Waals surface area (Å²) in [5.41, 5.74) is 3.58. The van der Waals surface area contributed by atoms with Gasteiger partial charge in [0.2, 0.25) is 11.8 Å². The second kappa shape index (κ2) is 19.5. The molecule has 1 aliphatic carbocycles. The summed E-state index contributed by atoms with van der Waals surface area (Å²) in [4.78, 5) is 51.9. The minimum Gasteiger partial charge on any atom is -0.409 e. The molecule has 0 bridgehead atoms. The molecule has 2 aromatic carbocycles. The summed E-state index contributed by atoms with van der Waals surface area (Å²) in [5.74, 6) is -0.0315. The van der Waals surface area contributed by atoms with Crippen molar-refractivity contribution in [3.63, 3.8) is 0 Å². The Morgan fingerprint density at radius 2 is 1.70 bits per heavy atom. The molecule has 4 aliphatic rings. The summed E-state index contributed by atoms with van der Waals surface area (Å²) in [6.45, 7) is 11.4. The maximum atomic E-state index is 14.8. The van der Waals surface area contributed by atoms with Crippen molar-refractivity contribution in [2.24, 2.45) is 5.41 Å². The number of hydrogen-bond acceptors (Lipinski definition) is 8. The van der Waals surface area contributed by atoms with E-state index in [0.29, 0.717) is 17.0 Å². The lowest BCUT2D eigenvalue weighted by molar-refractivity contribution is -0.145. The number of thiophene rings is 1. The number of nitrogens with zero attached hydrogens (tertiary/aromatic N) is 4. The average Bonchev–Trinajstić information content (AvgIpc) is 4.03. The Balaban J connectivity index is 1.02. The number of amides is 3. The average molecular weight is 818 g/mol.